The minimum Gasteiger partial charge on any atom is -0.466 e. The van der Waals surface area contributed by atoms with E-state index in [4.69, 9.17) is 9.73 Å². The molecule has 2 heterocycles. The molecule has 0 spiro atoms. The van der Waals surface area contributed by atoms with Gasteiger partial charge in [-0.15, -0.1) is 0 Å². The molecule has 7 nitrogen and oxygen atoms in total. The second kappa shape index (κ2) is 12.7. The lowest BCUT2D eigenvalue weighted by atomic mass is 9.97. The molecule has 1 aromatic rings. The number of piperidine rings is 1. The van der Waals surface area contributed by atoms with Gasteiger partial charge in [-0.25, -0.2) is 0 Å². The van der Waals surface area contributed by atoms with Crippen LogP contribution in [0.3, 0.4) is 0 Å². The Balaban J connectivity index is 1.39. The molecule has 1 N–H and O–H groups in total. The summed E-state index contributed by atoms with van der Waals surface area (Å²) in [6.45, 7) is 15.5. The molecular weight excluding hydrogens is 402 g/mol. The van der Waals surface area contributed by atoms with Crippen molar-refractivity contribution in [3.63, 3.8) is 0 Å². The van der Waals surface area contributed by atoms with E-state index < -0.39 is 0 Å². The molecule has 0 unspecified atom stereocenters. The smallest absolute Gasteiger partial charge is 0.309 e. The summed E-state index contributed by atoms with van der Waals surface area (Å²) in [6, 6.07) is 8.80. The van der Waals surface area contributed by atoms with E-state index in [0.717, 1.165) is 84.1 Å². The van der Waals surface area contributed by atoms with Gasteiger partial charge in [-0.2, -0.15) is 0 Å². The van der Waals surface area contributed by atoms with E-state index in [1.807, 2.05) is 6.92 Å². The number of piperazine rings is 1. The Bertz CT molecular complexity index is 738. The van der Waals surface area contributed by atoms with Crippen molar-refractivity contribution in [2.45, 2.75) is 40.0 Å². The van der Waals surface area contributed by atoms with Crippen molar-refractivity contribution in [1.82, 2.24) is 15.1 Å². The van der Waals surface area contributed by atoms with Gasteiger partial charge in [0.25, 0.3) is 0 Å². The lowest BCUT2D eigenvalue weighted by molar-refractivity contribution is -0.149. The number of benzene rings is 1. The summed E-state index contributed by atoms with van der Waals surface area (Å²) in [5.41, 5.74) is 2.67. The Hall–Kier alpha value is -2.28. The average Bonchev–Trinajstić information content (AvgIpc) is 2.82. The monoisotopic (exact) mass is 443 g/mol. The number of rotatable bonds is 8. The molecule has 0 aromatic heterocycles. The Morgan fingerprint density at radius 2 is 1.88 bits per heavy atom. The fourth-order valence-electron chi connectivity index (χ4n) is 4.55. The Labute approximate surface area is 193 Å². The maximum atomic E-state index is 12.0. The first-order chi connectivity index (χ1) is 15.6. The van der Waals surface area contributed by atoms with Crippen LogP contribution in [-0.2, 0) is 9.53 Å². The molecule has 2 aliphatic heterocycles. The zero-order valence-electron chi connectivity index (χ0n) is 20.2. The lowest BCUT2D eigenvalue weighted by Crippen LogP contribution is -2.47. The van der Waals surface area contributed by atoms with E-state index in [0.29, 0.717) is 6.61 Å². The number of hydrogen-bond donors (Lipinski definition) is 1. The summed E-state index contributed by atoms with van der Waals surface area (Å²) in [4.78, 5) is 24.2. The number of ether oxygens (including phenoxy) is 1. The minimum atomic E-state index is -0.0448. The number of esters is 1. The number of nitrogens with zero attached hydrogens (tertiary/aromatic N) is 4. The second-order valence-electron chi connectivity index (χ2n) is 8.77. The van der Waals surface area contributed by atoms with Crippen LogP contribution in [0.2, 0.25) is 0 Å². The van der Waals surface area contributed by atoms with Gasteiger partial charge >= 0.3 is 5.97 Å². The van der Waals surface area contributed by atoms with Crippen LogP contribution in [0, 0.1) is 12.8 Å². The van der Waals surface area contributed by atoms with Crippen molar-refractivity contribution in [2.24, 2.45) is 10.9 Å². The molecule has 0 radical (unpaired) electrons. The van der Waals surface area contributed by atoms with Gasteiger partial charge < -0.3 is 19.9 Å². The topological polar surface area (TPSA) is 60.4 Å². The third-order valence-electron chi connectivity index (χ3n) is 6.38. The molecule has 0 amide bonds. The molecule has 3 rings (SSSR count). The van der Waals surface area contributed by atoms with Gasteiger partial charge in [0.2, 0.25) is 0 Å². The van der Waals surface area contributed by atoms with Crippen LogP contribution in [0.1, 0.15) is 38.7 Å². The Morgan fingerprint density at radius 1 is 1.12 bits per heavy atom. The van der Waals surface area contributed by atoms with E-state index in [1.165, 1.54) is 11.3 Å². The van der Waals surface area contributed by atoms with Crippen LogP contribution in [0.4, 0.5) is 5.69 Å². The van der Waals surface area contributed by atoms with E-state index in [-0.39, 0.29) is 11.9 Å². The van der Waals surface area contributed by atoms with E-state index in [2.05, 4.69) is 58.1 Å². The molecule has 1 aromatic carbocycles. The summed E-state index contributed by atoms with van der Waals surface area (Å²) in [5.74, 6) is 0.975. The average molecular weight is 444 g/mol. The molecule has 178 valence electrons. The molecular formula is C25H41N5O2. The van der Waals surface area contributed by atoms with Crippen LogP contribution in [0.5, 0.6) is 0 Å². The highest BCUT2D eigenvalue weighted by Gasteiger charge is 2.27. The van der Waals surface area contributed by atoms with E-state index in [9.17, 15) is 4.79 Å². The van der Waals surface area contributed by atoms with Crippen LogP contribution in [0.15, 0.2) is 29.3 Å². The van der Waals surface area contributed by atoms with Crippen LogP contribution in [0.25, 0.3) is 0 Å². The standard InChI is InChI=1S/C25H41N5O2/c1-4-26-25(30-14-10-22(11-15-30)24(31)32-5-2)27-12-7-13-28-16-18-29(19-17-28)23-9-6-8-21(3)20-23/h6,8-9,20,22H,4-5,7,10-19H2,1-3H3,(H,26,27). The second-order valence-corrected chi connectivity index (χ2v) is 8.77. The third kappa shape index (κ3) is 7.12. The molecule has 7 heteroatoms. The number of guanidine groups is 1. The number of aryl methyl sites for hydroxylation is 1. The van der Waals surface area contributed by atoms with Gasteiger partial charge in [0.15, 0.2) is 5.96 Å². The van der Waals surface area contributed by atoms with Gasteiger partial charge in [-0.1, -0.05) is 12.1 Å². The van der Waals surface area contributed by atoms with Crippen LogP contribution in [-0.4, -0.2) is 87.2 Å². The predicted molar refractivity (Wildman–Crippen MR) is 131 cm³/mol. The number of anilines is 1. The van der Waals surface area contributed by atoms with Crippen molar-refractivity contribution in [3.05, 3.63) is 29.8 Å². The molecule has 0 aliphatic carbocycles. The summed E-state index contributed by atoms with van der Waals surface area (Å²) in [7, 11) is 0. The molecule has 0 bridgehead atoms. The fraction of sp³-hybridized carbons (Fsp3) is 0.680. The molecule has 2 fully saturated rings. The maximum absolute atomic E-state index is 12.0. The summed E-state index contributed by atoms with van der Waals surface area (Å²) in [6.07, 6.45) is 2.75. The number of likely N-dealkylation sites (tertiary alicyclic amines) is 1. The van der Waals surface area contributed by atoms with Gasteiger partial charge in [0.1, 0.15) is 0 Å². The van der Waals surface area contributed by atoms with Gasteiger partial charge in [0.05, 0.1) is 12.5 Å². The SMILES string of the molecule is CCNC(=NCCCN1CCN(c2cccc(C)c2)CC1)N1CCC(C(=O)OCC)CC1. The largest absolute Gasteiger partial charge is 0.466 e. The lowest BCUT2D eigenvalue weighted by Gasteiger charge is -2.36. The number of nitrogens with one attached hydrogen (secondary N) is 1. The zero-order chi connectivity index (χ0) is 22.8. The first-order valence-corrected chi connectivity index (χ1v) is 12.3. The molecule has 0 saturated carbocycles. The van der Waals surface area contributed by atoms with E-state index >= 15 is 0 Å². The summed E-state index contributed by atoms with van der Waals surface area (Å²) >= 11 is 0. The highest BCUT2D eigenvalue weighted by molar-refractivity contribution is 5.80. The van der Waals surface area contributed by atoms with Crippen LogP contribution >= 0.6 is 0 Å². The molecule has 2 aliphatic rings. The number of hydrogen-bond acceptors (Lipinski definition) is 5. The van der Waals surface area contributed by atoms with Crippen molar-refractivity contribution in [2.75, 3.05) is 70.4 Å². The van der Waals surface area contributed by atoms with Gasteiger partial charge in [-0.3, -0.25) is 14.7 Å². The highest BCUT2D eigenvalue weighted by Crippen LogP contribution is 2.19. The van der Waals surface area contributed by atoms with Crippen LogP contribution < -0.4 is 10.2 Å². The van der Waals surface area contributed by atoms with Crippen molar-refractivity contribution >= 4 is 17.6 Å². The Morgan fingerprint density at radius 3 is 2.53 bits per heavy atom. The van der Waals surface area contributed by atoms with Crippen molar-refractivity contribution in [3.8, 4) is 0 Å². The normalized spacial score (nSPS) is 18.7. The number of carbonyl (C=O) groups excluding carboxylic acids is 1. The first kappa shape index (κ1) is 24.4. The highest BCUT2D eigenvalue weighted by atomic mass is 16.5. The number of aliphatic imine (C=N–C) groups is 1. The number of carbonyl (C=O) groups is 1. The minimum absolute atomic E-state index is 0.0348. The predicted octanol–water partition coefficient (Wildman–Crippen LogP) is 2.75. The quantitative estimate of drug-likeness (QED) is 0.289. The van der Waals surface area contributed by atoms with E-state index in [1.54, 1.807) is 0 Å². The third-order valence-corrected chi connectivity index (χ3v) is 6.38. The summed E-state index contributed by atoms with van der Waals surface area (Å²) < 4.78 is 5.19. The zero-order valence-corrected chi connectivity index (χ0v) is 20.2. The first-order valence-electron chi connectivity index (χ1n) is 12.3. The van der Waals surface area contributed by atoms with Gasteiger partial charge in [-0.05, 0) is 57.7 Å². The van der Waals surface area contributed by atoms with Crippen molar-refractivity contribution < 1.29 is 9.53 Å². The molecule has 2 saturated heterocycles. The maximum Gasteiger partial charge on any atom is 0.309 e. The Kier molecular flexibility index (Phi) is 9.65. The summed E-state index contributed by atoms with van der Waals surface area (Å²) in [5, 5.41) is 3.43. The van der Waals surface area contributed by atoms with Gasteiger partial charge in [0, 0.05) is 64.6 Å². The fourth-order valence-corrected chi connectivity index (χ4v) is 4.55. The molecule has 32 heavy (non-hydrogen) atoms. The van der Waals surface area contributed by atoms with Crippen molar-refractivity contribution in [1.29, 1.82) is 0 Å². The molecule has 0 atom stereocenters.